The molecule has 0 heterocycles. The summed E-state index contributed by atoms with van der Waals surface area (Å²) in [4.78, 5) is 0. The van der Waals surface area contributed by atoms with Crippen molar-refractivity contribution in [3.63, 3.8) is 0 Å². The van der Waals surface area contributed by atoms with Crippen molar-refractivity contribution in [2.24, 2.45) is 0 Å². The van der Waals surface area contributed by atoms with E-state index in [-0.39, 0.29) is 5.04 Å². The van der Waals surface area contributed by atoms with E-state index < -0.39 is 8.32 Å². The first-order valence-electron chi connectivity index (χ1n) is 5.28. The minimum atomic E-state index is -1.77. The fraction of sp³-hybridized carbons (Fsp3) is 0.500. The third kappa shape index (κ3) is 3.11. The molecule has 0 aromatic heterocycles. The number of halogens is 2. The SMILES string of the molecule is CC(C)(C)[Si](C)(C)Oc1c(Br)cccc1Br. The summed E-state index contributed by atoms with van der Waals surface area (Å²) in [5.74, 6) is 0.925. The first-order chi connectivity index (χ1) is 7.15. The van der Waals surface area contributed by atoms with Crippen LogP contribution in [-0.4, -0.2) is 8.32 Å². The van der Waals surface area contributed by atoms with Gasteiger partial charge in [-0.15, -0.1) is 0 Å². The lowest BCUT2D eigenvalue weighted by atomic mass is 10.2. The largest absolute Gasteiger partial charge is 0.542 e. The summed E-state index contributed by atoms with van der Waals surface area (Å²) < 4.78 is 8.29. The minimum Gasteiger partial charge on any atom is -0.542 e. The lowest BCUT2D eigenvalue weighted by Crippen LogP contribution is -2.44. The second kappa shape index (κ2) is 4.82. The maximum absolute atomic E-state index is 6.27. The Balaban J connectivity index is 3.06. The lowest BCUT2D eigenvalue weighted by molar-refractivity contribution is 0.487. The van der Waals surface area contributed by atoms with E-state index in [9.17, 15) is 0 Å². The van der Waals surface area contributed by atoms with E-state index in [4.69, 9.17) is 4.43 Å². The zero-order valence-electron chi connectivity index (χ0n) is 10.4. The Morgan fingerprint density at radius 1 is 1.06 bits per heavy atom. The van der Waals surface area contributed by atoms with Gasteiger partial charge in [-0.05, 0) is 62.1 Å². The van der Waals surface area contributed by atoms with E-state index in [0.717, 1.165) is 14.7 Å². The van der Waals surface area contributed by atoms with Crippen LogP contribution in [0.3, 0.4) is 0 Å². The highest BCUT2D eigenvalue weighted by Crippen LogP contribution is 2.41. The van der Waals surface area contributed by atoms with Gasteiger partial charge in [0.05, 0.1) is 8.95 Å². The molecule has 4 heteroatoms. The molecule has 0 N–H and O–H groups in total. The van der Waals surface area contributed by atoms with Crippen LogP contribution in [0.1, 0.15) is 20.8 Å². The Kier molecular flexibility index (Phi) is 4.30. The Labute approximate surface area is 116 Å². The molecule has 0 aliphatic rings. The van der Waals surface area contributed by atoms with Crippen LogP contribution in [-0.2, 0) is 0 Å². The summed E-state index contributed by atoms with van der Waals surface area (Å²) in [5, 5.41) is 0.210. The standard InChI is InChI=1S/C12H18Br2OSi/c1-12(2,3)16(4,5)15-11-9(13)7-6-8-10(11)14/h6-8H,1-5H3. The van der Waals surface area contributed by atoms with Crippen LogP contribution in [0.15, 0.2) is 27.1 Å². The van der Waals surface area contributed by atoms with Crippen molar-refractivity contribution in [1.29, 1.82) is 0 Å². The molecule has 1 rings (SSSR count). The molecule has 16 heavy (non-hydrogen) atoms. The van der Waals surface area contributed by atoms with E-state index in [0.29, 0.717) is 0 Å². The zero-order chi connectivity index (χ0) is 12.6. The molecule has 0 aliphatic carbocycles. The van der Waals surface area contributed by atoms with Crippen molar-refractivity contribution in [2.75, 3.05) is 0 Å². The number of para-hydroxylation sites is 1. The molecule has 1 aromatic rings. The number of rotatable bonds is 2. The van der Waals surface area contributed by atoms with Crippen molar-refractivity contribution < 1.29 is 4.43 Å². The van der Waals surface area contributed by atoms with Crippen LogP contribution in [0.4, 0.5) is 0 Å². The highest BCUT2D eigenvalue weighted by molar-refractivity contribution is 9.11. The molecule has 1 aromatic carbocycles. The Morgan fingerprint density at radius 2 is 1.50 bits per heavy atom. The first kappa shape index (κ1) is 14.3. The predicted molar refractivity (Wildman–Crippen MR) is 79.7 cm³/mol. The van der Waals surface area contributed by atoms with Crippen molar-refractivity contribution >= 4 is 40.2 Å². The van der Waals surface area contributed by atoms with Gasteiger partial charge in [0.1, 0.15) is 5.75 Å². The maximum atomic E-state index is 6.27. The number of hydrogen-bond donors (Lipinski definition) is 0. The van der Waals surface area contributed by atoms with Crippen molar-refractivity contribution in [3.8, 4) is 5.75 Å². The first-order valence-corrected chi connectivity index (χ1v) is 9.77. The molecular formula is C12H18Br2OSi. The van der Waals surface area contributed by atoms with Gasteiger partial charge in [-0.3, -0.25) is 0 Å². The Morgan fingerprint density at radius 3 is 1.88 bits per heavy atom. The fourth-order valence-corrected chi connectivity index (χ4v) is 3.48. The lowest BCUT2D eigenvalue weighted by Gasteiger charge is -2.37. The topological polar surface area (TPSA) is 9.23 Å². The van der Waals surface area contributed by atoms with Gasteiger partial charge >= 0.3 is 0 Å². The quantitative estimate of drug-likeness (QED) is 0.620. The van der Waals surface area contributed by atoms with Gasteiger partial charge in [0.25, 0.3) is 8.32 Å². The fourth-order valence-electron chi connectivity index (χ4n) is 0.988. The molecule has 0 atom stereocenters. The molecule has 0 aliphatic heterocycles. The van der Waals surface area contributed by atoms with Crippen molar-refractivity contribution in [3.05, 3.63) is 27.1 Å². The van der Waals surface area contributed by atoms with E-state index in [1.807, 2.05) is 18.2 Å². The number of hydrogen-bond acceptors (Lipinski definition) is 1. The average molecular weight is 366 g/mol. The molecule has 0 saturated heterocycles. The zero-order valence-corrected chi connectivity index (χ0v) is 14.6. The van der Waals surface area contributed by atoms with E-state index in [1.54, 1.807) is 0 Å². The molecule has 0 unspecified atom stereocenters. The van der Waals surface area contributed by atoms with Crippen LogP contribution in [0.5, 0.6) is 5.75 Å². The highest BCUT2D eigenvalue weighted by atomic mass is 79.9. The van der Waals surface area contributed by atoms with Crippen LogP contribution in [0.2, 0.25) is 18.1 Å². The molecule has 0 radical (unpaired) electrons. The molecule has 90 valence electrons. The van der Waals surface area contributed by atoms with Crippen LogP contribution >= 0.6 is 31.9 Å². The van der Waals surface area contributed by atoms with Crippen LogP contribution in [0.25, 0.3) is 0 Å². The highest BCUT2D eigenvalue weighted by Gasteiger charge is 2.39. The van der Waals surface area contributed by atoms with E-state index >= 15 is 0 Å². The van der Waals surface area contributed by atoms with Gasteiger partial charge in [0.2, 0.25) is 0 Å². The van der Waals surface area contributed by atoms with Crippen molar-refractivity contribution in [1.82, 2.24) is 0 Å². The predicted octanol–water partition coefficient (Wildman–Crippen LogP) is 5.60. The van der Waals surface area contributed by atoms with Crippen LogP contribution in [0, 0.1) is 0 Å². The molecular weight excluding hydrogens is 348 g/mol. The second-order valence-corrected chi connectivity index (χ2v) is 11.8. The summed E-state index contributed by atoms with van der Waals surface area (Å²) in [7, 11) is -1.77. The third-order valence-corrected chi connectivity index (χ3v) is 8.66. The third-order valence-electron chi connectivity index (χ3n) is 3.08. The van der Waals surface area contributed by atoms with Crippen molar-refractivity contribution in [2.45, 2.75) is 38.9 Å². The maximum Gasteiger partial charge on any atom is 0.250 e. The second-order valence-electron chi connectivity index (χ2n) is 5.41. The average Bonchev–Trinajstić information content (AvgIpc) is 2.10. The Hall–Kier alpha value is 0.197. The van der Waals surface area contributed by atoms with Gasteiger partial charge in [-0.1, -0.05) is 26.8 Å². The summed E-state index contributed by atoms with van der Waals surface area (Å²) in [6, 6.07) is 6.01. The summed E-state index contributed by atoms with van der Waals surface area (Å²) >= 11 is 7.07. The molecule has 0 saturated carbocycles. The van der Waals surface area contributed by atoms with Gasteiger partial charge in [-0.2, -0.15) is 0 Å². The van der Waals surface area contributed by atoms with E-state index in [2.05, 4.69) is 65.7 Å². The minimum absolute atomic E-state index is 0.210. The van der Waals surface area contributed by atoms with Gasteiger partial charge in [0, 0.05) is 0 Å². The monoisotopic (exact) mass is 364 g/mol. The summed E-state index contributed by atoms with van der Waals surface area (Å²) in [5.41, 5.74) is 0. The smallest absolute Gasteiger partial charge is 0.250 e. The Bertz CT molecular complexity index is 363. The molecule has 1 nitrogen and oxygen atoms in total. The van der Waals surface area contributed by atoms with Gasteiger partial charge in [0.15, 0.2) is 0 Å². The van der Waals surface area contributed by atoms with Gasteiger partial charge in [-0.25, -0.2) is 0 Å². The van der Waals surface area contributed by atoms with Crippen LogP contribution < -0.4 is 4.43 Å². The van der Waals surface area contributed by atoms with Gasteiger partial charge < -0.3 is 4.43 Å². The summed E-state index contributed by atoms with van der Waals surface area (Å²) in [6.07, 6.45) is 0. The molecule has 0 amide bonds. The summed E-state index contributed by atoms with van der Waals surface area (Å²) in [6.45, 7) is 11.2. The molecule has 0 fully saturated rings. The van der Waals surface area contributed by atoms with E-state index in [1.165, 1.54) is 0 Å². The normalized spacial score (nSPS) is 12.7. The molecule has 0 bridgehead atoms. The number of benzene rings is 1. The molecule has 0 spiro atoms.